The number of hydrogen-bond acceptors (Lipinski definition) is 3. The highest BCUT2D eigenvalue weighted by Crippen LogP contribution is 2.36. The lowest BCUT2D eigenvalue weighted by atomic mass is 9.92. The van der Waals surface area contributed by atoms with Crippen LogP contribution in [0.25, 0.3) is 0 Å². The van der Waals surface area contributed by atoms with E-state index in [1.807, 2.05) is 25.1 Å². The van der Waals surface area contributed by atoms with Crippen LogP contribution in [-0.2, 0) is 4.79 Å². The van der Waals surface area contributed by atoms with Crippen LogP contribution in [0.3, 0.4) is 0 Å². The molecule has 2 atom stereocenters. The van der Waals surface area contributed by atoms with E-state index in [0.717, 1.165) is 23.7 Å². The Kier molecular flexibility index (Phi) is 4.15. The summed E-state index contributed by atoms with van der Waals surface area (Å²) in [5, 5.41) is 3.02. The van der Waals surface area contributed by atoms with Crippen LogP contribution in [0.4, 0.5) is 11.4 Å². The summed E-state index contributed by atoms with van der Waals surface area (Å²) in [6, 6.07) is 6.27. The van der Waals surface area contributed by atoms with Crippen molar-refractivity contribution in [3.8, 4) is 0 Å². The number of nitrogens with one attached hydrogen (secondary N) is 1. The number of amides is 1. The zero-order valence-electron chi connectivity index (χ0n) is 12.8. The summed E-state index contributed by atoms with van der Waals surface area (Å²) in [5.74, 6) is 0.900. The van der Waals surface area contributed by atoms with E-state index in [9.17, 15) is 4.79 Å². The summed E-state index contributed by atoms with van der Waals surface area (Å²) in [6.07, 6.45) is 6.50. The third-order valence-electron chi connectivity index (χ3n) is 4.99. The molecule has 114 valence electrons. The quantitative estimate of drug-likeness (QED) is 0.840. The molecule has 21 heavy (non-hydrogen) atoms. The molecule has 1 saturated heterocycles. The average molecular weight is 287 g/mol. The molecule has 1 aromatic rings. The molecule has 0 radical (unpaired) electrons. The fraction of sp³-hybridized carbons (Fsp3) is 0.588. The molecule has 2 fully saturated rings. The number of fused-ring (bicyclic) bond motifs is 1. The summed E-state index contributed by atoms with van der Waals surface area (Å²) in [7, 11) is 0. The zero-order valence-corrected chi connectivity index (χ0v) is 12.8. The van der Waals surface area contributed by atoms with Crippen LogP contribution < -0.4 is 11.1 Å². The van der Waals surface area contributed by atoms with Gasteiger partial charge in [-0.3, -0.25) is 9.69 Å². The molecule has 1 saturated carbocycles. The van der Waals surface area contributed by atoms with Gasteiger partial charge in [-0.1, -0.05) is 12.5 Å². The number of carbonyl (C=O) groups excluding carboxylic acids is 1. The molecule has 0 spiro atoms. The highest BCUT2D eigenvalue weighted by atomic mass is 16.2. The van der Waals surface area contributed by atoms with Crippen LogP contribution in [0.15, 0.2) is 18.2 Å². The summed E-state index contributed by atoms with van der Waals surface area (Å²) in [4.78, 5) is 14.7. The minimum absolute atomic E-state index is 0.0799. The number of likely N-dealkylation sites (tertiary alicyclic amines) is 1. The molecule has 1 heterocycles. The molecule has 1 amide bonds. The molecule has 0 bridgehead atoms. The monoisotopic (exact) mass is 287 g/mol. The highest BCUT2D eigenvalue weighted by Gasteiger charge is 2.35. The Morgan fingerprint density at radius 1 is 1.33 bits per heavy atom. The normalized spacial score (nSPS) is 25.6. The number of nitrogens with two attached hydrogens (primary N) is 1. The Hall–Kier alpha value is -1.55. The lowest BCUT2D eigenvalue weighted by molar-refractivity contribution is -0.118. The summed E-state index contributed by atoms with van der Waals surface area (Å²) >= 11 is 0. The number of hydrogen-bond donors (Lipinski definition) is 2. The van der Waals surface area contributed by atoms with Gasteiger partial charge in [-0.05, 0) is 62.8 Å². The van der Waals surface area contributed by atoms with Crippen molar-refractivity contribution in [2.24, 2.45) is 5.92 Å². The molecular weight excluding hydrogens is 262 g/mol. The van der Waals surface area contributed by atoms with Crippen molar-refractivity contribution in [2.75, 3.05) is 24.1 Å². The van der Waals surface area contributed by atoms with Crippen LogP contribution in [-0.4, -0.2) is 29.9 Å². The molecule has 2 unspecified atom stereocenters. The molecule has 0 aromatic heterocycles. The number of nitrogens with zero attached hydrogens (tertiary/aromatic N) is 1. The average Bonchev–Trinajstić information content (AvgIpc) is 2.92. The number of rotatable bonds is 3. The number of aryl methyl sites for hydroxylation is 1. The number of anilines is 2. The molecule has 4 nitrogen and oxygen atoms in total. The van der Waals surface area contributed by atoms with Gasteiger partial charge in [-0.2, -0.15) is 0 Å². The van der Waals surface area contributed by atoms with Gasteiger partial charge in [0.2, 0.25) is 5.91 Å². The first-order valence-corrected chi connectivity index (χ1v) is 8.03. The maximum Gasteiger partial charge on any atom is 0.238 e. The maximum atomic E-state index is 12.3. The van der Waals surface area contributed by atoms with Crippen molar-refractivity contribution >= 4 is 17.3 Å². The van der Waals surface area contributed by atoms with E-state index in [2.05, 4.69) is 10.2 Å². The van der Waals surface area contributed by atoms with Crippen LogP contribution in [0.1, 0.15) is 37.7 Å². The van der Waals surface area contributed by atoms with E-state index in [0.29, 0.717) is 18.3 Å². The number of carbonyl (C=O) groups is 1. The molecule has 1 aliphatic carbocycles. The van der Waals surface area contributed by atoms with Gasteiger partial charge in [-0.25, -0.2) is 0 Å². The van der Waals surface area contributed by atoms with E-state index in [1.54, 1.807) is 0 Å². The molecular formula is C17H25N3O. The first-order valence-electron chi connectivity index (χ1n) is 8.03. The van der Waals surface area contributed by atoms with E-state index < -0.39 is 0 Å². The number of nitrogen functional groups attached to an aromatic ring is 1. The first-order chi connectivity index (χ1) is 10.1. The maximum absolute atomic E-state index is 12.3. The third-order valence-corrected chi connectivity index (χ3v) is 4.99. The second kappa shape index (κ2) is 6.06. The van der Waals surface area contributed by atoms with Crippen molar-refractivity contribution in [1.29, 1.82) is 0 Å². The second-order valence-corrected chi connectivity index (χ2v) is 6.49. The Balaban J connectivity index is 1.62. The van der Waals surface area contributed by atoms with Gasteiger partial charge < -0.3 is 11.1 Å². The van der Waals surface area contributed by atoms with E-state index in [4.69, 9.17) is 5.73 Å². The second-order valence-electron chi connectivity index (χ2n) is 6.49. The number of piperidine rings is 1. The van der Waals surface area contributed by atoms with Crippen molar-refractivity contribution in [1.82, 2.24) is 4.90 Å². The van der Waals surface area contributed by atoms with E-state index >= 15 is 0 Å². The molecule has 2 aliphatic rings. The Morgan fingerprint density at radius 3 is 3.00 bits per heavy atom. The van der Waals surface area contributed by atoms with Crippen LogP contribution in [0.5, 0.6) is 0 Å². The Bertz CT molecular complexity index is 529. The minimum Gasteiger partial charge on any atom is -0.399 e. The predicted molar refractivity (Wildman–Crippen MR) is 86.2 cm³/mol. The van der Waals surface area contributed by atoms with Crippen molar-refractivity contribution < 1.29 is 4.79 Å². The molecule has 1 aliphatic heterocycles. The molecule has 3 N–H and O–H groups in total. The first kappa shape index (κ1) is 14.4. The fourth-order valence-electron chi connectivity index (χ4n) is 3.90. The summed E-state index contributed by atoms with van der Waals surface area (Å²) in [5.41, 5.74) is 8.36. The smallest absolute Gasteiger partial charge is 0.238 e. The van der Waals surface area contributed by atoms with Gasteiger partial charge in [0, 0.05) is 17.4 Å². The fourth-order valence-corrected chi connectivity index (χ4v) is 3.90. The summed E-state index contributed by atoms with van der Waals surface area (Å²) in [6.45, 7) is 3.56. The van der Waals surface area contributed by atoms with Crippen LogP contribution in [0.2, 0.25) is 0 Å². The third kappa shape index (κ3) is 3.21. The van der Waals surface area contributed by atoms with E-state index in [-0.39, 0.29) is 5.91 Å². The van der Waals surface area contributed by atoms with Gasteiger partial charge in [0.1, 0.15) is 0 Å². The largest absolute Gasteiger partial charge is 0.399 e. The molecule has 4 heteroatoms. The molecule has 3 rings (SSSR count). The lowest BCUT2D eigenvalue weighted by Gasteiger charge is -2.37. The van der Waals surface area contributed by atoms with Gasteiger partial charge in [0.15, 0.2) is 0 Å². The highest BCUT2D eigenvalue weighted by molar-refractivity contribution is 5.93. The van der Waals surface area contributed by atoms with Crippen molar-refractivity contribution in [2.45, 2.75) is 45.1 Å². The Morgan fingerprint density at radius 2 is 2.14 bits per heavy atom. The van der Waals surface area contributed by atoms with Gasteiger partial charge in [0.05, 0.1) is 6.54 Å². The zero-order chi connectivity index (χ0) is 14.8. The van der Waals surface area contributed by atoms with Crippen LogP contribution in [0, 0.1) is 12.8 Å². The van der Waals surface area contributed by atoms with Gasteiger partial charge in [0.25, 0.3) is 0 Å². The van der Waals surface area contributed by atoms with Gasteiger partial charge in [-0.15, -0.1) is 0 Å². The predicted octanol–water partition coefficient (Wildman–Crippen LogP) is 2.78. The van der Waals surface area contributed by atoms with Crippen molar-refractivity contribution in [3.05, 3.63) is 23.8 Å². The lowest BCUT2D eigenvalue weighted by Crippen LogP contribution is -2.46. The van der Waals surface area contributed by atoms with Gasteiger partial charge >= 0.3 is 0 Å². The standard InChI is InChI=1S/C17H25N3O/c1-12-7-8-14(18)10-15(12)19-17(21)11-20-9-3-5-13-4-2-6-16(13)20/h7-8,10,13,16H,2-6,9,11,18H2,1H3,(H,19,21). The number of benzene rings is 1. The van der Waals surface area contributed by atoms with Crippen LogP contribution >= 0.6 is 0 Å². The Labute approximate surface area is 126 Å². The molecule has 1 aromatic carbocycles. The minimum atomic E-state index is 0.0799. The van der Waals surface area contributed by atoms with Crippen molar-refractivity contribution in [3.63, 3.8) is 0 Å². The SMILES string of the molecule is Cc1ccc(N)cc1NC(=O)CN1CCCC2CCCC21. The summed E-state index contributed by atoms with van der Waals surface area (Å²) < 4.78 is 0. The van der Waals surface area contributed by atoms with E-state index in [1.165, 1.54) is 32.1 Å². The topological polar surface area (TPSA) is 58.4 Å².